The van der Waals surface area contributed by atoms with Crippen LogP contribution in [-0.2, 0) is 6.54 Å². The summed E-state index contributed by atoms with van der Waals surface area (Å²) >= 11 is 0. The standard InChI is InChI=1S/C9H10F2N2O3/c1-16-6-2-5(9(14)15)13-7(8(10)11)4(6)3-12/h2,8H,3,12H2,1H3,(H,14,15). The Balaban J connectivity index is 3.43. The second kappa shape index (κ2) is 4.84. The number of ether oxygens (including phenoxy) is 1. The van der Waals surface area contributed by atoms with Gasteiger partial charge in [0, 0.05) is 18.2 Å². The molecule has 0 bridgehead atoms. The number of carboxylic acid groups (broad SMARTS) is 1. The van der Waals surface area contributed by atoms with E-state index in [1.807, 2.05) is 0 Å². The van der Waals surface area contributed by atoms with E-state index < -0.39 is 23.8 Å². The zero-order valence-electron chi connectivity index (χ0n) is 8.41. The van der Waals surface area contributed by atoms with E-state index in [9.17, 15) is 13.6 Å². The predicted molar refractivity (Wildman–Crippen MR) is 50.6 cm³/mol. The van der Waals surface area contributed by atoms with Crippen LogP contribution in [0.25, 0.3) is 0 Å². The van der Waals surface area contributed by atoms with Gasteiger partial charge < -0.3 is 15.6 Å². The molecular weight excluding hydrogens is 222 g/mol. The van der Waals surface area contributed by atoms with Gasteiger partial charge in [-0.1, -0.05) is 0 Å². The molecule has 0 atom stereocenters. The van der Waals surface area contributed by atoms with Gasteiger partial charge in [0.2, 0.25) is 0 Å². The van der Waals surface area contributed by atoms with Crippen LogP contribution in [0.1, 0.15) is 28.2 Å². The first kappa shape index (κ1) is 12.3. The molecule has 5 nitrogen and oxygen atoms in total. The lowest BCUT2D eigenvalue weighted by Gasteiger charge is -2.12. The molecule has 1 rings (SSSR count). The molecule has 1 aromatic rings. The third-order valence-corrected chi connectivity index (χ3v) is 1.97. The van der Waals surface area contributed by atoms with Crippen LogP contribution >= 0.6 is 0 Å². The molecule has 0 aliphatic rings. The van der Waals surface area contributed by atoms with Crippen LogP contribution in [0.3, 0.4) is 0 Å². The summed E-state index contributed by atoms with van der Waals surface area (Å²) < 4.78 is 30.0. The van der Waals surface area contributed by atoms with Crippen molar-refractivity contribution >= 4 is 5.97 Å². The zero-order chi connectivity index (χ0) is 12.3. The number of nitrogens with zero attached hydrogens (tertiary/aromatic N) is 1. The van der Waals surface area contributed by atoms with Crippen molar-refractivity contribution in [2.45, 2.75) is 13.0 Å². The number of alkyl halides is 2. The first-order valence-corrected chi connectivity index (χ1v) is 4.30. The number of aromatic nitrogens is 1. The summed E-state index contributed by atoms with van der Waals surface area (Å²) in [4.78, 5) is 14.0. The summed E-state index contributed by atoms with van der Waals surface area (Å²) in [5.41, 5.74) is 4.16. The van der Waals surface area contributed by atoms with Crippen molar-refractivity contribution in [2.24, 2.45) is 5.73 Å². The Kier molecular flexibility index (Phi) is 3.73. The Morgan fingerprint density at radius 3 is 2.69 bits per heavy atom. The van der Waals surface area contributed by atoms with E-state index in [0.717, 1.165) is 6.07 Å². The predicted octanol–water partition coefficient (Wildman–Crippen LogP) is 1.18. The van der Waals surface area contributed by atoms with Crippen LogP contribution in [0.15, 0.2) is 6.07 Å². The second-order valence-corrected chi connectivity index (χ2v) is 2.88. The lowest BCUT2D eigenvalue weighted by molar-refractivity contribution is 0.0688. The monoisotopic (exact) mass is 232 g/mol. The number of methoxy groups -OCH3 is 1. The average molecular weight is 232 g/mol. The first-order chi connectivity index (χ1) is 7.51. The highest BCUT2D eigenvalue weighted by molar-refractivity contribution is 5.86. The largest absolute Gasteiger partial charge is 0.496 e. The molecule has 0 saturated carbocycles. The Hall–Kier alpha value is -1.76. The first-order valence-electron chi connectivity index (χ1n) is 4.30. The molecule has 0 fully saturated rings. The van der Waals surface area contributed by atoms with Crippen molar-refractivity contribution in [3.63, 3.8) is 0 Å². The molecule has 16 heavy (non-hydrogen) atoms. The van der Waals surface area contributed by atoms with Crippen molar-refractivity contribution in [2.75, 3.05) is 7.11 Å². The van der Waals surface area contributed by atoms with E-state index in [1.165, 1.54) is 7.11 Å². The van der Waals surface area contributed by atoms with E-state index in [2.05, 4.69) is 4.98 Å². The van der Waals surface area contributed by atoms with Crippen LogP contribution in [0, 0.1) is 0 Å². The normalized spacial score (nSPS) is 10.6. The summed E-state index contributed by atoms with van der Waals surface area (Å²) in [6.45, 7) is -0.199. The lowest BCUT2D eigenvalue weighted by atomic mass is 10.1. The third-order valence-electron chi connectivity index (χ3n) is 1.97. The second-order valence-electron chi connectivity index (χ2n) is 2.88. The van der Waals surface area contributed by atoms with Crippen LogP contribution in [0.5, 0.6) is 5.75 Å². The van der Waals surface area contributed by atoms with E-state index in [4.69, 9.17) is 15.6 Å². The van der Waals surface area contributed by atoms with Gasteiger partial charge in [-0.15, -0.1) is 0 Å². The molecule has 0 saturated heterocycles. The lowest BCUT2D eigenvalue weighted by Crippen LogP contribution is -2.11. The van der Waals surface area contributed by atoms with Gasteiger partial charge in [0.05, 0.1) is 7.11 Å². The maximum Gasteiger partial charge on any atom is 0.354 e. The molecule has 0 radical (unpaired) electrons. The fourth-order valence-corrected chi connectivity index (χ4v) is 1.24. The highest BCUT2D eigenvalue weighted by Crippen LogP contribution is 2.28. The Labute approximate surface area is 89.9 Å². The minimum atomic E-state index is -2.90. The molecule has 0 aliphatic heterocycles. The van der Waals surface area contributed by atoms with Gasteiger partial charge in [0.1, 0.15) is 11.4 Å². The van der Waals surface area contributed by atoms with Gasteiger partial charge in [-0.2, -0.15) is 0 Å². The molecule has 0 unspecified atom stereocenters. The Morgan fingerprint density at radius 2 is 2.31 bits per heavy atom. The van der Waals surface area contributed by atoms with Gasteiger partial charge >= 0.3 is 5.97 Å². The average Bonchev–Trinajstić information content (AvgIpc) is 2.26. The van der Waals surface area contributed by atoms with Crippen molar-refractivity contribution < 1.29 is 23.4 Å². The zero-order valence-corrected chi connectivity index (χ0v) is 8.41. The molecule has 0 aliphatic carbocycles. The number of aromatic carboxylic acids is 1. The SMILES string of the molecule is COc1cc(C(=O)O)nc(C(F)F)c1CN. The molecule has 1 heterocycles. The quantitative estimate of drug-likeness (QED) is 0.814. The third kappa shape index (κ3) is 2.25. The smallest absolute Gasteiger partial charge is 0.354 e. The number of carbonyl (C=O) groups is 1. The number of halogens is 2. The summed E-state index contributed by atoms with van der Waals surface area (Å²) in [5, 5.41) is 8.68. The summed E-state index contributed by atoms with van der Waals surface area (Å²) in [5.74, 6) is -1.39. The number of nitrogens with two attached hydrogens (primary N) is 1. The van der Waals surface area contributed by atoms with Crippen molar-refractivity contribution in [1.82, 2.24) is 4.98 Å². The van der Waals surface area contributed by atoms with Crippen molar-refractivity contribution in [3.05, 3.63) is 23.0 Å². The Bertz CT molecular complexity index is 410. The minimum absolute atomic E-state index is 0.00481. The molecule has 0 aromatic carbocycles. The fraction of sp³-hybridized carbons (Fsp3) is 0.333. The minimum Gasteiger partial charge on any atom is -0.496 e. The number of pyridine rings is 1. The number of hydrogen-bond donors (Lipinski definition) is 2. The van der Waals surface area contributed by atoms with Crippen LogP contribution in [-0.4, -0.2) is 23.2 Å². The van der Waals surface area contributed by atoms with Crippen LogP contribution in [0.2, 0.25) is 0 Å². The molecule has 0 amide bonds. The molecule has 1 aromatic heterocycles. The summed E-state index contributed by atoms with van der Waals surface area (Å²) in [6.07, 6.45) is -2.90. The number of carboxylic acids is 1. The molecule has 0 spiro atoms. The highest BCUT2D eigenvalue weighted by atomic mass is 19.3. The van der Waals surface area contributed by atoms with Gasteiger partial charge in [0.25, 0.3) is 6.43 Å². The molecule has 3 N–H and O–H groups in total. The molecular formula is C9H10F2N2O3. The highest BCUT2D eigenvalue weighted by Gasteiger charge is 2.21. The maximum absolute atomic E-state index is 12.6. The van der Waals surface area contributed by atoms with Gasteiger partial charge in [-0.3, -0.25) is 0 Å². The van der Waals surface area contributed by atoms with Crippen LogP contribution < -0.4 is 10.5 Å². The van der Waals surface area contributed by atoms with Gasteiger partial charge in [0.15, 0.2) is 5.69 Å². The van der Waals surface area contributed by atoms with Gasteiger partial charge in [-0.25, -0.2) is 18.6 Å². The van der Waals surface area contributed by atoms with Gasteiger partial charge in [-0.05, 0) is 0 Å². The van der Waals surface area contributed by atoms with E-state index in [-0.39, 0.29) is 17.9 Å². The molecule has 7 heteroatoms. The van der Waals surface area contributed by atoms with E-state index in [1.54, 1.807) is 0 Å². The summed E-state index contributed by atoms with van der Waals surface area (Å²) in [6, 6.07) is 1.07. The Morgan fingerprint density at radius 1 is 1.69 bits per heavy atom. The summed E-state index contributed by atoms with van der Waals surface area (Å²) in [7, 11) is 1.25. The topological polar surface area (TPSA) is 85.4 Å². The van der Waals surface area contributed by atoms with Crippen molar-refractivity contribution in [1.29, 1.82) is 0 Å². The van der Waals surface area contributed by atoms with E-state index in [0.29, 0.717) is 0 Å². The van der Waals surface area contributed by atoms with Crippen LogP contribution in [0.4, 0.5) is 8.78 Å². The molecule has 88 valence electrons. The van der Waals surface area contributed by atoms with E-state index >= 15 is 0 Å². The van der Waals surface area contributed by atoms with Crippen molar-refractivity contribution in [3.8, 4) is 5.75 Å². The number of hydrogen-bond acceptors (Lipinski definition) is 4. The fourth-order valence-electron chi connectivity index (χ4n) is 1.24. The maximum atomic E-state index is 12.6. The number of rotatable bonds is 4.